The molecule has 18 heavy (non-hydrogen) atoms. The lowest BCUT2D eigenvalue weighted by atomic mass is 10.2. The third kappa shape index (κ3) is 2.83. The Kier molecular flexibility index (Phi) is 3.88. The minimum atomic E-state index is -0.980. The van der Waals surface area contributed by atoms with Gasteiger partial charge in [0.25, 0.3) is 0 Å². The van der Waals surface area contributed by atoms with Crippen molar-refractivity contribution in [3.05, 3.63) is 39.8 Å². The Balaban J connectivity index is 2.07. The van der Waals surface area contributed by atoms with Crippen molar-refractivity contribution in [1.29, 1.82) is 0 Å². The Hall–Kier alpha value is -1.53. The maximum absolute atomic E-state index is 10.7. The van der Waals surface area contributed by atoms with Crippen LogP contribution in [-0.2, 0) is 5.75 Å². The minimum Gasteiger partial charge on any atom is -0.476 e. The highest BCUT2D eigenvalue weighted by atomic mass is 32.2. The molecule has 0 fully saturated rings. The van der Waals surface area contributed by atoms with Gasteiger partial charge in [-0.3, -0.25) is 0 Å². The molecule has 1 heterocycles. The number of carboxylic acids is 1. The summed E-state index contributed by atoms with van der Waals surface area (Å²) < 4.78 is 0. The summed E-state index contributed by atoms with van der Waals surface area (Å²) in [4.78, 5) is 15.7. The molecule has 0 bridgehead atoms. The lowest BCUT2D eigenvalue weighted by molar-refractivity contribution is 0.0696. The fourth-order valence-electron chi connectivity index (χ4n) is 1.40. The summed E-state index contributed by atoms with van der Waals surface area (Å²) in [7, 11) is 0. The molecular formula is C12H12N2O2S2. The monoisotopic (exact) mass is 280 g/mol. The number of benzene rings is 1. The fraction of sp³-hybridized carbons (Fsp3) is 0.167. The number of para-hydroxylation sites is 1. The van der Waals surface area contributed by atoms with Crippen molar-refractivity contribution in [3.63, 3.8) is 0 Å². The molecule has 1 aromatic carbocycles. The Labute approximate surface area is 113 Å². The van der Waals surface area contributed by atoms with Crippen LogP contribution in [0.5, 0.6) is 0 Å². The van der Waals surface area contributed by atoms with Gasteiger partial charge in [0, 0.05) is 21.7 Å². The molecule has 0 unspecified atom stereocenters. The second-order valence-electron chi connectivity index (χ2n) is 3.72. The second-order valence-corrected chi connectivity index (χ2v) is 5.60. The number of hydrogen-bond donors (Lipinski definition) is 2. The zero-order chi connectivity index (χ0) is 13.1. The van der Waals surface area contributed by atoms with Crippen LogP contribution in [0.15, 0.2) is 28.5 Å². The van der Waals surface area contributed by atoms with E-state index in [-0.39, 0.29) is 5.01 Å². The first kappa shape index (κ1) is 12.9. The molecule has 0 aliphatic heterocycles. The van der Waals surface area contributed by atoms with Crippen molar-refractivity contribution in [3.8, 4) is 0 Å². The molecule has 0 aliphatic carbocycles. The lowest BCUT2D eigenvalue weighted by Gasteiger charge is -2.06. The number of nitrogens with two attached hydrogens (primary N) is 1. The number of hydrogen-bond acceptors (Lipinski definition) is 5. The number of thiazole rings is 1. The number of nitrogen functional groups attached to an aromatic ring is 1. The zero-order valence-corrected chi connectivity index (χ0v) is 11.3. The van der Waals surface area contributed by atoms with Gasteiger partial charge in [-0.25, -0.2) is 9.78 Å². The number of anilines is 1. The molecule has 0 radical (unpaired) electrons. The van der Waals surface area contributed by atoms with Crippen LogP contribution < -0.4 is 5.73 Å². The van der Waals surface area contributed by atoms with E-state index in [4.69, 9.17) is 10.8 Å². The molecule has 0 spiro atoms. The van der Waals surface area contributed by atoms with Crippen molar-refractivity contribution in [2.75, 3.05) is 5.73 Å². The van der Waals surface area contributed by atoms with E-state index in [1.165, 1.54) is 0 Å². The Morgan fingerprint density at radius 3 is 3.00 bits per heavy atom. The summed E-state index contributed by atoms with van der Waals surface area (Å²) in [6.45, 7) is 1.96. The molecule has 0 amide bonds. The molecule has 0 saturated carbocycles. The number of nitrogens with zero attached hydrogens (tertiary/aromatic N) is 1. The smallest absolute Gasteiger partial charge is 0.365 e. The van der Waals surface area contributed by atoms with Crippen LogP contribution in [0.4, 0.5) is 5.69 Å². The predicted molar refractivity (Wildman–Crippen MR) is 74.2 cm³/mol. The summed E-state index contributed by atoms with van der Waals surface area (Å²) in [5, 5.41) is 10.7. The van der Waals surface area contributed by atoms with Crippen molar-refractivity contribution in [1.82, 2.24) is 4.98 Å². The average Bonchev–Trinajstić information content (AvgIpc) is 2.80. The van der Waals surface area contributed by atoms with E-state index in [1.54, 1.807) is 17.1 Å². The van der Waals surface area contributed by atoms with Gasteiger partial charge >= 0.3 is 5.97 Å². The fourth-order valence-corrected chi connectivity index (χ4v) is 3.11. The average molecular weight is 280 g/mol. The number of rotatable bonds is 4. The maximum Gasteiger partial charge on any atom is 0.365 e. The molecule has 94 valence electrons. The van der Waals surface area contributed by atoms with Gasteiger partial charge in [-0.15, -0.1) is 23.1 Å². The molecule has 4 nitrogen and oxygen atoms in total. The second kappa shape index (κ2) is 5.41. The van der Waals surface area contributed by atoms with Crippen molar-refractivity contribution in [2.45, 2.75) is 17.6 Å². The molecule has 6 heteroatoms. The van der Waals surface area contributed by atoms with Crippen LogP contribution in [0, 0.1) is 6.92 Å². The summed E-state index contributed by atoms with van der Waals surface area (Å²) in [6, 6.07) is 5.87. The highest BCUT2D eigenvalue weighted by Gasteiger charge is 2.10. The van der Waals surface area contributed by atoms with Crippen molar-refractivity contribution >= 4 is 34.8 Å². The summed E-state index contributed by atoms with van der Waals surface area (Å²) >= 11 is 2.71. The topological polar surface area (TPSA) is 76.2 Å². The Morgan fingerprint density at radius 1 is 1.56 bits per heavy atom. The van der Waals surface area contributed by atoms with Crippen LogP contribution in [0.2, 0.25) is 0 Å². The Morgan fingerprint density at radius 2 is 2.33 bits per heavy atom. The van der Waals surface area contributed by atoms with Gasteiger partial charge in [-0.05, 0) is 18.6 Å². The van der Waals surface area contributed by atoms with Crippen LogP contribution in [0.1, 0.15) is 21.1 Å². The van der Waals surface area contributed by atoms with Gasteiger partial charge in [0.2, 0.25) is 5.01 Å². The van der Waals surface area contributed by atoms with E-state index in [0.29, 0.717) is 5.75 Å². The van der Waals surface area contributed by atoms with E-state index < -0.39 is 5.97 Å². The SMILES string of the molecule is Cc1cccc(SCc2csc(C(=O)O)n2)c1N. The van der Waals surface area contributed by atoms with Gasteiger partial charge in [0.1, 0.15) is 0 Å². The third-order valence-corrected chi connectivity index (χ3v) is 4.38. The summed E-state index contributed by atoms with van der Waals surface area (Å²) in [5.74, 6) is -0.358. The third-order valence-electron chi connectivity index (χ3n) is 2.39. The van der Waals surface area contributed by atoms with Gasteiger partial charge in [-0.1, -0.05) is 12.1 Å². The van der Waals surface area contributed by atoms with Crippen LogP contribution in [-0.4, -0.2) is 16.1 Å². The van der Waals surface area contributed by atoms with Crippen LogP contribution in [0.25, 0.3) is 0 Å². The van der Waals surface area contributed by atoms with E-state index in [2.05, 4.69) is 4.98 Å². The normalized spacial score (nSPS) is 10.5. The van der Waals surface area contributed by atoms with Crippen molar-refractivity contribution < 1.29 is 9.90 Å². The number of aromatic carboxylic acids is 1. The lowest BCUT2D eigenvalue weighted by Crippen LogP contribution is -1.95. The van der Waals surface area contributed by atoms with E-state index >= 15 is 0 Å². The van der Waals surface area contributed by atoms with Crippen LogP contribution in [0.3, 0.4) is 0 Å². The van der Waals surface area contributed by atoms with Crippen LogP contribution >= 0.6 is 23.1 Å². The number of carboxylic acid groups (broad SMARTS) is 1. The standard InChI is InChI=1S/C12H12N2O2S2/c1-7-3-2-4-9(10(7)13)17-5-8-6-18-11(14-8)12(15)16/h2-4,6H,5,13H2,1H3,(H,15,16). The summed E-state index contributed by atoms with van der Waals surface area (Å²) in [5.41, 5.74) is 8.55. The highest BCUT2D eigenvalue weighted by molar-refractivity contribution is 7.98. The maximum atomic E-state index is 10.7. The number of thioether (sulfide) groups is 1. The first-order chi connectivity index (χ1) is 8.58. The molecule has 0 atom stereocenters. The Bertz CT molecular complexity index is 581. The van der Waals surface area contributed by atoms with E-state index in [0.717, 1.165) is 33.2 Å². The molecule has 2 rings (SSSR count). The molecular weight excluding hydrogens is 268 g/mol. The number of carbonyl (C=O) groups is 1. The number of aromatic nitrogens is 1. The molecule has 3 N–H and O–H groups in total. The van der Waals surface area contributed by atoms with Crippen molar-refractivity contribution in [2.24, 2.45) is 0 Å². The molecule has 0 saturated heterocycles. The van der Waals surface area contributed by atoms with E-state index in [1.807, 2.05) is 25.1 Å². The number of aryl methyl sites for hydroxylation is 1. The molecule has 1 aromatic heterocycles. The zero-order valence-electron chi connectivity index (χ0n) is 9.71. The van der Waals surface area contributed by atoms with Gasteiger partial charge in [-0.2, -0.15) is 0 Å². The largest absolute Gasteiger partial charge is 0.476 e. The molecule has 0 aliphatic rings. The highest BCUT2D eigenvalue weighted by Crippen LogP contribution is 2.30. The predicted octanol–water partition coefficient (Wildman–Crippen LogP) is 3.02. The van der Waals surface area contributed by atoms with Gasteiger partial charge < -0.3 is 10.8 Å². The summed E-state index contributed by atoms with van der Waals surface area (Å²) in [6.07, 6.45) is 0. The van der Waals surface area contributed by atoms with Gasteiger partial charge in [0.15, 0.2) is 0 Å². The quantitative estimate of drug-likeness (QED) is 0.665. The van der Waals surface area contributed by atoms with Gasteiger partial charge in [0.05, 0.1) is 5.69 Å². The van der Waals surface area contributed by atoms with E-state index in [9.17, 15) is 4.79 Å². The first-order valence-electron chi connectivity index (χ1n) is 5.23. The molecule has 2 aromatic rings. The minimum absolute atomic E-state index is 0.128. The first-order valence-corrected chi connectivity index (χ1v) is 7.10.